The van der Waals surface area contributed by atoms with Crippen molar-refractivity contribution in [1.82, 2.24) is 10.2 Å². The molecule has 116 valence electrons. The quantitative estimate of drug-likeness (QED) is 0.816. The highest BCUT2D eigenvalue weighted by Crippen LogP contribution is 2.34. The number of carbonyl (C=O) groups is 1. The van der Waals surface area contributed by atoms with Crippen molar-refractivity contribution in [3.05, 3.63) is 23.8 Å². The number of nitrogens with one attached hydrogen (secondary N) is 1. The van der Waals surface area contributed by atoms with Gasteiger partial charge in [0.2, 0.25) is 12.7 Å². The molecule has 1 aliphatic rings. The van der Waals surface area contributed by atoms with Crippen molar-refractivity contribution in [3.8, 4) is 11.5 Å². The van der Waals surface area contributed by atoms with Crippen LogP contribution < -0.4 is 14.8 Å². The van der Waals surface area contributed by atoms with E-state index < -0.39 is 6.10 Å². The second-order valence-electron chi connectivity index (χ2n) is 5.11. The molecule has 1 amide bonds. The molecule has 2 rings (SSSR count). The number of aliphatic hydroxyl groups excluding tert-OH is 1. The number of fused-ring (bicyclic) bond motifs is 1. The fourth-order valence-electron chi connectivity index (χ4n) is 2.10. The molecule has 2 N–H and O–H groups in total. The lowest BCUT2D eigenvalue weighted by Crippen LogP contribution is -2.44. The molecule has 0 fully saturated rings. The standard InChI is InChI=1S/C15H22N2O4/c1-4-17(3)15(19)10(2)16-8-12(18)11-5-6-13-14(7-11)21-9-20-13/h5-7,10,12,16,18H,4,8-9H2,1-3H3. The molecule has 0 saturated heterocycles. The molecule has 0 aromatic heterocycles. The Labute approximate surface area is 124 Å². The monoisotopic (exact) mass is 294 g/mol. The first-order valence-electron chi connectivity index (χ1n) is 7.09. The van der Waals surface area contributed by atoms with Gasteiger partial charge in [-0.05, 0) is 31.5 Å². The molecule has 0 radical (unpaired) electrons. The van der Waals surface area contributed by atoms with Crippen LogP contribution in [0, 0.1) is 0 Å². The van der Waals surface area contributed by atoms with E-state index in [2.05, 4.69) is 5.32 Å². The number of amides is 1. The van der Waals surface area contributed by atoms with Crippen LogP contribution in [0.5, 0.6) is 11.5 Å². The third kappa shape index (κ3) is 3.65. The largest absolute Gasteiger partial charge is 0.454 e. The Morgan fingerprint density at radius 1 is 1.43 bits per heavy atom. The number of carbonyl (C=O) groups excluding carboxylic acids is 1. The molecule has 0 bridgehead atoms. The van der Waals surface area contributed by atoms with Gasteiger partial charge in [-0.2, -0.15) is 0 Å². The summed E-state index contributed by atoms with van der Waals surface area (Å²) >= 11 is 0. The van der Waals surface area contributed by atoms with Crippen LogP contribution >= 0.6 is 0 Å². The summed E-state index contributed by atoms with van der Waals surface area (Å²) < 4.78 is 10.5. The highest BCUT2D eigenvalue weighted by atomic mass is 16.7. The van der Waals surface area contributed by atoms with E-state index in [1.807, 2.05) is 6.92 Å². The lowest BCUT2D eigenvalue weighted by Gasteiger charge is -2.22. The van der Waals surface area contributed by atoms with E-state index in [1.54, 1.807) is 37.1 Å². The van der Waals surface area contributed by atoms with Crippen molar-refractivity contribution in [2.75, 3.05) is 26.9 Å². The maximum atomic E-state index is 11.9. The van der Waals surface area contributed by atoms with E-state index in [0.717, 1.165) is 5.56 Å². The summed E-state index contributed by atoms with van der Waals surface area (Å²) in [7, 11) is 1.76. The lowest BCUT2D eigenvalue weighted by atomic mass is 10.1. The summed E-state index contributed by atoms with van der Waals surface area (Å²) in [6.07, 6.45) is -0.707. The number of ether oxygens (including phenoxy) is 2. The second kappa shape index (κ2) is 6.78. The highest BCUT2D eigenvalue weighted by molar-refractivity contribution is 5.81. The second-order valence-corrected chi connectivity index (χ2v) is 5.11. The predicted molar refractivity (Wildman–Crippen MR) is 78.3 cm³/mol. The Bertz CT molecular complexity index is 506. The molecule has 1 aromatic carbocycles. The normalized spacial score (nSPS) is 15.6. The van der Waals surface area contributed by atoms with E-state index in [4.69, 9.17) is 9.47 Å². The Morgan fingerprint density at radius 3 is 2.86 bits per heavy atom. The van der Waals surface area contributed by atoms with Crippen LogP contribution in [-0.4, -0.2) is 48.9 Å². The molecule has 2 atom stereocenters. The van der Waals surface area contributed by atoms with Gasteiger partial charge in [0.05, 0.1) is 12.1 Å². The van der Waals surface area contributed by atoms with Gasteiger partial charge in [-0.3, -0.25) is 4.79 Å². The molecule has 2 unspecified atom stereocenters. The van der Waals surface area contributed by atoms with Gasteiger partial charge in [-0.15, -0.1) is 0 Å². The Kier molecular flexibility index (Phi) is 5.03. The predicted octanol–water partition coefficient (Wildman–Crippen LogP) is 0.905. The van der Waals surface area contributed by atoms with E-state index in [1.165, 1.54) is 0 Å². The molecule has 0 saturated carbocycles. The van der Waals surface area contributed by atoms with Gasteiger partial charge in [0.25, 0.3) is 0 Å². The van der Waals surface area contributed by atoms with Crippen LogP contribution in [0.15, 0.2) is 18.2 Å². The first-order chi connectivity index (χ1) is 10.0. The first-order valence-corrected chi connectivity index (χ1v) is 7.09. The molecular formula is C15H22N2O4. The van der Waals surface area contributed by atoms with Crippen LogP contribution in [0.4, 0.5) is 0 Å². The fourth-order valence-corrected chi connectivity index (χ4v) is 2.10. The number of hydrogen-bond acceptors (Lipinski definition) is 5. The molecule has 0 spiro atoms. The van der Waals surface area contributed by atoms with Crippen LogP contribution in [0.25, 0.3) is 0 Å². The van der Waals surface area contributed by atoms with Crippen LogP contribution in [-0.2, 0) is 4.79 Å². The third-order valence-electron chi connectivity index (χ3n) is 3.62. The average Bonchev–Trinajstić information content (AvgIpc) is 2.97. The van der Waals surface area contributed by atoms with Gasteiger partial charge in [0.1, 0.15) is 0 Å². The number of aliphatic hydroxyl groups is 1. The first kappa shape index (κ1) is 15.6. The van der Waals surface area contributed by atoms with Crippen molar-refractivity contribution in [2.24, 2.45) is 0 Å². The summed E-state index contributed by atoms with van der Waals surface area (Å²) in [6, 6.07) is 5.00. The molecule has 1 aromatic rings. The number of hydrogen-bond donors (Lipinski definition) is 2. The molecule has 1 aliphatic heterocycles. The van der Waals surface area contributed by atoms with E-state index in [-0.39, 0.29) is 18.7 Å². The number of likely N-dealkylation sites (N-methyl/N-ethyl adjacent to an activating group) is 1. The summed E-state index contributed by atoms with van der Waals surface area (Å²) in [5.41, 5.74) is 0.732. The number of benzene rings is 1. The van der Waals surface area contributed by atoms with Gasteiger partial charge in [0.15, 0.2) is 11.5 Å². The highest BCUT2D eigenvalue weighted by Gasteiger charge is 2.19. The minimum absolute atomic E-state index is 0.00962. The number of rotatable bonds is 6. The molecule has 0 aliphatic carbocycles. The van der Waals surface area contributed by atoms with Crippen molar-refractivity contribution in [2.45, 2.75) is 26.0 Å². The Morgan fingerprint density at radius 2 is 2.14 bits per heavy atom. The topological polar surface area (TPSA) is 71.0 Å². The Balaban J connectivity index is 1.90. The lowest BCUT2D eigenvalue weighted by molar-refractivity contribution is -0.131. The summed E-state index contributed by atoms with van der Waals surface area (Å²) in [4.78, 5) is 13.6. The SMILES string of the molecule is CCN(C)C(=O)C(C)NCC(O)c1ccc2c(c1)OCO2. The van der Waals surface area contributed by atoms with E-state index >= 15 is 0 Å². The van der Waals surface area contributed by atoms with Gasteiger partial charge in [-0.25, -0.2) is 0 Å². The van der Waals surface area contributed by atoms with Gasteiger partial charge < -0.3 is 24.8 Å². The zero-order chi connectivity index (χ0) is 15.4. The van der Waals surface area contributed by atoms with E-state index in [0.29, 0.717) is 24.6 Å². The zero-order valence-corrected chi connectivity index (χ0v) is 12.6. The summed E-state index contributed by atoms with van der Waals surface area (Å²) in [5, 5.41) is 13.2. The van der Waals surface area contributed by atoms with Crippen molar-refractivity contribution in [3.63, 3.8) is 0 Å². The smallest absolute Gasteiger partial charge is 0.239 e. The average molecular weight is 294 g/mol. The van der Waals surface area contributed by atoms with Gasteiger partial charge >= 0.3 is 0 Å². The van der Waals surface area contributed by atoms with Crippen molar-refractivity contribution in [1.29, 1.82) is 0 Å². The number of nitrogens with zero attached hydrogens (tertiary/aromatic N) is 1. The van der Waals surface area contributed by atoms with Crippen LogP contribution in [0.3, 0.4) is 0 Å². The minimum atomic E-state index is -0.707. The van der Waals surface area contributed by atoms with E-state index in [9.17, 15) is 9.90 Å². The zero-order valence-electron chi connectivity index (χ0n) is 12.6. The molecule has 6 heteroatoms. The van der Waals surface area contributed by atoms with Crippen LogP contribution in [0.1, 0.15) is 25.5 Å². The summed E-state index contributed by atoms with van der Waals surface area (Å²) in [5.74, 6) is 1.34. The molecular weight excluding hydrogens is 272 g/mol. The van der Waals surface area contributed by atoms with Crippen molar-refractivity contribution >= 4 is 5.91 Å². The molecule has 6 nitrogen and oxygen atoms in total. The van der Waals surface area contributed by atoms with Gasteiger partial charge in [-0.1, -0.05) is 6.07 Å². The maximum Gasteiger partial charge on any atom is 0.239 e. The van der Waals surface area contributed by atoms with Crippen LogP contribution in [0.2, 0.25) is 0 Å². The summed E-state index contributed by atoms with van der Waals surface area (Å²) in [6.45, 7) is 4.88. The molecule has 1 heterocycles. The fraction of sp³-hybridized carbons (Fsp3) is 0.533. The third-order valence-corrected chi connectivity index (χ3v) is 3.62. The van der Waals surface area contributed by atoms with Crippen molar-refractivity contribution < 1.29 is 19.4 Å². The Hall–Kier alpha value is -1.79. The molecule has 21 heavy (non-hydrogen) atoms. The minimum Gasteiger partial charge on any atom is -0.454 e. The maximum absolute atomic E-state index is 11.9. The van der Waals surface area contributed by atoms with Gasteiger partial charge in [0, 0.05) is 20.1 Å².